The summed E-state index contributed by atoms with van der Waals surface area (Å²) in [5, 5.41) is 1.54. The number of hydrogen-bond donors (Lipinski definition) is 0. The number of nitrogens with zero attached hydrogens (tertiary/aromatic N) is 3. The molecule has 0 aliphatic rings. The van der Waals surface area contributed by atoms with E-state index in [0.29, 0.717) is 11.0 Å². The Morgan fingerprint density at radius 2 is 1.79 bits per heavy atom. The van der Waals surface area contributed by atoms with E-state index in [9.17, 15) is 0 Å². The van der Waals surface area contributed by atoms with Gasteiger partial charge in [0.15, 0.2) is 5.13 Å². The van der Waals surface area contributed by atoms with E-state index in [0.717, 1.165) is 49.2 Å². The first-order chi connectivity index (χ1) is 9.15. The van der Waals surface area contributed by atoms with Crippen LogP contribution in [0.1, 0.15) is 32.1 Å². The molecule has 110 valence electrons. The highest BCUT2D eigenvalue weighted by molar-refractivity contribution is 7.16. The minimum Gasteiger partial charge on any atom is -0.348 e. The van der Waals surface area contributed by atoms with Crippen LogP contribution in [0.15, 0.2) is 0 Å². The lowest BCUT2D eigenvalue weighted by molar-refractivity contribution is 0.301. The fraction of sp³-hybridized carbons (Fsp3) is 0.769. The maximum absolute atomic E-state index is 6.06. The topological polar surface area (TPSA) is 19.4 Å². The third kappa shape index (κ3) is 5.10. The lowest BCUT2D eigenvalue weighted by atomic mass is 10.3. The summed E-state index contributed by atoms with van der Waals surface area (Å²) in [4.78, 5) is 10.1. The van der Waals surface area contributed by atoms with Crippen molar-refractivity contribution in [2.45, 2.75) is 33.1 Å². The Morgan fingerprint density at radius 1 is 1.11 bits per heavy atom. The summed E-state index contributed by atoms with van der Waals surface area (Å²) < 4.78 is 0. The molecule has 0 saturated carbocycles. The number of alkyl halides is 1. The zero-order chi connectivity index (χ0) is 14.3. The molecule has 1 heterocycles. The maximum Gasteiger partial charge on any atom is 0.187 e. The van der Waals surface area contributed by atoms with Gasteiger partial charge in [0.05, 0.1) is 10.8 Å². The van der Waals surface area contributed by atoms with Gasteiger partial charge in [-0.05, 0) is 33.0 Å². The zero-order valence-electron chi connectivity index (χ0n) is 12.0. The Labute approximate surface area is 130 Å². The predicted molar refractivity (Wildman–Crippen MR) is 87.0 cm³/mol. The van der Waals surface area contributed by atoms with E-state index in [1.807, 2.05) is 0 Å². The van der Waals surface area contributed by atoms with Crippen LogP contribution < -0.4 is 4.90 Å². The Balaban J connectivity index is 2.53. The molecule has 0 atom stereocenters. The molecule has 1 rings (SSSR count). The van der Waals surface area contributed by atoms with Gasteiger partial charge >= 0.3 is 0 Å². The Hall–Kier alpha value is -0.0300. The van der Waals surface area contributed by atoms with Crippen LogP contribution in [0.3, 0.4) is 0 Å². The Kier molecular flexibility index (Phi) is 8.07. The smallest absolute Gasteiger partial charge is 0.187 e. The first-order valence-electron chi connectivity index (χ1n) is 6.84. The van der Waals surface area contributed by atoms with Crippen molar-refractivity contribution in [3.05, 3.63) is 10.0 Å². The fourth-order valence-corrected chi connectivity index (χ4v) is 3.52. The van der Waals surface area contributed by atoms with E-state index in [2.05, 4.69) is 35.6 Å². The molecule has 0 aliphatic heterocycles. The van der Waals surface area contributed by atoms with Crippen molar-refractivity contribution in [2.24, 2.45) is 0 Å². The molecular formula is C13H23Cl2N3S. The van der Waals surface area contributed by atoms with Crippen molar-refractivity contribution in [3.8, 4) is 0 Å². The molecule has 0 radical (unpaired) electrons. The first-order valence-corrected chi connectivity index (χ1v) is 8.57. The van der Waals surface area contributed by atoms with E-state index in [1.54, 1.807) is 11.3 Å². The van der Waals surface area contributed by atoms with Gasteiger partial charge in [0, 0.05) is 13.1 Å². The summed E-state index contributed by atoms with van der Waals surface area (Å²) in [7, 11) is 0. The average Bonchev–Trinajstić information content (AvgIpc) is 2.80. The van der Waals surface area contributed by atoms with E-state index in [1.165, 1.54) is 0 Å². The van der Waals surface area contributed by atoms with E-state index < -0.39 is 0 Å². The third-order valence-corrected chi connectivity index (χ3v) is 5.18. The van der Waals surface area contributed by atoms with Crippen LogP contribution in [0.2, 0.25) is 5.15 Å². The van der Waals surface area contributed by atoms with Crippen LogP contribution >= 0.6 is 34.5 Å². The molecule has 3 nitrogen and oxygen atoms in total. The molecule has 0 aromatic carbocycles. The van der Waals surface area contributed by atoms with Gasteiger partial charge in [-0.3, -0.25) is 0 Å². The van der Waals surface area contributed by atoms with Crippen LogP contribution in [0.25, 0.3) is 0 Å². The molecule has 0 aliphatic carbocycles. The van der Waals surface area contributed by atoms with Crippen LogP contribution in [0.4, 0.5) is 5.13 Å². The van der Waals surface area contributed by atoms with Crippen molar-refractivity contribution >= 4 is 39.7 Å². The van der Waals surface area contributed by atoms with Gasteiger partial charge in [-0.15, -0.1) is 11.6 Å². The summed E-state index contributed by atoms with van der Waals surface area (Å²) in [5.74, 6) is 0.438. The number of thiazole rings is 1. The standard InChI is InChI=1S/C13H23Cl2N3S/c1-4-17(5-2)8-7-9-18(6-3)13-16-12(15)11(10-14)19-13/h4-10H2,1-3H3. The van der Waals surface area contributed by atoms with Gasteiger partial charge in [-0.25, -0.2) is 4.98 Å². The molecule has 1 aromatic heterocycles. The summed E-state index contributed by atoms with van der Waals surface area (Å²) in [6, 6.07) is 0. The molecule has 0 fully saturated rings. The largest absolute Gasteiger partial charge is 0.348 e. The second-order valence-corrected chi connectivity index (χ2v) is 5.99. The maximum atomic E-state index is 6.06. The van der Waals surface area contributed by atoms with E-state index >= 15 is 0 Å². The van der Waals surface area contributed by atoms with Gasteiger partial charge in [0.1, 0.15) is 5.15 Å². The monoisotopic (exact) mass is 323 g/mol. The number of rotatable bonds is 9. The van der Waals surface area contributed by atoms with Crippen LogP contribution in [-0.4, -0.2) is 42.6 Å². The lowest BCUT2D eigenvalue weighted by Gasteiger charge is -2.23. The summed E-state index contributed by atoms with van der Waals surface area (Å²) in [6.07, 6.45) is 1.14. The van der Waals surface area contributed by atoms with Gasteiger partial charge in [-0.1, -0.05) is 36.8 Å². The second-order valence-electron chi connectivity index (χ2n) is 4.30. The zero-order valence-corrected chi connectivity index (χ0v) is 14.3. The quantitative estimate of drug-likeness (QED) is 0.638. The van der Waals surface area contributed by atoms with Gasteiger partial charge in [0.2, 0.25) is 0 Å². The van der Waals surface area contributed by atoms with E-state index in [4.69, 9.17) is 23.2 Å². The van der Waals surface area contributed by atoms with Gasteiger partial charge < -0.3 is 9.80 Å². The highest BCUT2D eigenvalue weighted by atomic mass is 35.5. The fourth-order valence-electron chi connectivity index (χ4n) is 1.95. The lowest BCUT2D eigenvalue weighted by Crippen LogP contribution is -2.29. The molecule has 0 spiro atoms. The SMILES string of the molecule is CCN(CC)CCCN(CC)c1nc(Cl)c(CCl)s1. The summed E-state index contributed by atoms with van der Waals surface area (Å²) >= 11 is 13.5. The van der Waals surface area contributed by atoms with Crippen molar-refractivity contribution in [3.63, 3.8) is 0 Å². The Morgan fingerprint density at radius 3 is 2.26 bits per heavy atom. The summed E-state index contributed by atoms with van der Waals surface area (Å²) in [6.45, 7) is 11.9. The summed E-state index contributed by atoms with van der Waals surface area (Å²) in [5.41, 5.74) is 0. The number of halogens is 2. The number of anilines is 1. The minimum absolute atomic E-state index is 0.438. The van der Waals surface area contributed by atoms with Gasteiger partial charge in [0.25, 0.3) is 0 Å². The average molecular weight is 324 g/mol. The number of hydrogen-bond acceptors (Lipinski definition) is 4. The minimum atomic E-state index is 0.438. The molecular weight excluding hydrogens is 301 g/mol. The predicted octanol–water partition coefficient (Wildman–Crippen LogP) is 4.09. The molecule has 6 heteroatoms. The van der Waals surface area contributed by atoms with E-state index in [-0.39, 0.29) is 0 Å². The van der Waals surface area contributed by atoms with Crippen LogP contribution in [-0.2, 0) is 5.88 Å². The molecule has 0 N–H and O–H groups in total. The van der Waals surface area contributed by atoms with Crippen molar-refractivity contribution in [1.82, 2.24) is 9.88 Å². The van der Waals surface area contributed by atoms with Gasteiger partial charge in [-0.2, -0.15) is 0 Å². The van der Waals surface area contributed by atoms with Crippen molar-refractivity contribution in [1.29, 1.82) is 0 Å². The highest BCUT2D eigenvalue weighted by Gasteiger charge is 2.13. The highest BCUT2D eigenvalue weighted by Crippen LogP contribution is 2.30. The van der Waals surface area contributed by atoms with Crippen LogP contribution in [0, 0.1) is 0 Å². The third-order valence-electron chi connectivity index (χ3n) is 3.21. The molecule has 1 aromatic rings. The molecule has 0 bridgehead atoms. The molecule has 19 heavy (non-hydrogen) atoms. The molecule has 0 saturated heterocycles. The second kappa shape index (κ2) is 9.01. The number of aromatic nitrogens is 1. The molecule has 0 unspecified atom stereocenters. The first kappa shape index (κ1) is 17.0. The van der Waals surface area contributed by atoms with Crippen molar-refractivity contribution in [2.75, 3.05) is 37.6 Å². The van der Waals surface area contributed by atoms with Crippen LogP contribution in [0.5, 0.6) is 0 Å². The molecule has 0 amide bonds. The normalized spacial score (nSPS) is 11.3. The van der Waals surface area contributed by atoms with Crippen molar-refractivity contribution < 1.29 is 0 Å². The Bertz CT molecular complexity index is 367.